The van der Waals surface area contributed by atoms with Crippen LogP contribution in [-0.2, 0) is 9.53 Å². The summed E-state index contributed by atoms with van der Waals surface area (Å²) < 4.78 is 9.82. The molecule has 114 valence electrons. The number of rotatable bonds is 5. The number of fused-ring (bicyclic) bond motifs is 1. The van der Waals surface area contributed by atoms with Crippen LogP contribution in [0.4, 0.5) is 4.79 Å². The Balaban J connectivity index is 1.87. The summed E-state index contributed by atoms with van der Waals surface area (Å²) >= 11 is 0. The number of amides is 1. The summed E-state index contributed by atoms with van der Waals surface area (Å²) in [6, 6.07) is 9.95. The molecule has 6 nitrogen and oxygen atoms in total. The molecule has 2 aromatic rings. The molecule has 0 atom stereocenters. The number of aromatic hydroxyl groups is 1. The molecule has 0 unspecified atom stereocenters. The topological polar surface area (TPSA) is 84.9 Å². The van der Waals surface area contributed by atoms with Crippen molar-refractivity contribution < 1.29 is 24.2 Å². The lowest BCUT2D eigenvalue weighted by Gasteiger charge is -2.07. The van der Waals surface area contributed by atoms with Gasteiger partial charge in [0, 0.05) is 6.08 Å². The van der Waals surface area contributed by atoms with Gasteiger partial charge in [0.1, 0.15) is 18.1 Å². The third kappa shape index (κ3) is 4.24. The fourth-order valence-electron chi connectivity index (χ4n) is 1.78. The number of benzene rings is 2. The number of carbonyl (C=O) groups excluding carboxylic acids is 2. The first-order valence-corrected chi connectivity index (χ1v) is 6.56. The van der Waals surface area contributed by atoms with Crippen molar-refractivity contribution in [3.63, 3.8) is 0 Å². The molecule has 0 fully saturated rings. The third-order valence-electron chi connectivity index (χ3n) is 2.79. The minimum Gasteiger partial charge on any atom is -0.508 e. The largest absolute Gasteiger partial charge is 0.508 e. The first-order chi connectivity index (χ1) is 10.6. The normalized spacial score (nSPS) is 10.0. The molecule has 2 aromatic carbocycles. The Morgan fingerprint density at radius 2 is 1.91 bits per heavy atom. The average Bonchev–Trinajstić information content (AvgIpc) is 2.51. The van der Waals surface area contributed by atoms with Crippen LogP contribution < -0.4 is 10.1 Å². The van der Waals surface area contributed by atoms with E-state index in [0.717, 1.165) is 16.8 Å². The van der Waals surface area contributed by atoms with E-state index in [0.29, 0.717) is 5.75 Å². The molecule has 0 heterocycles. The summed E-state index contributed by atoms with van der Waals surface area (Å²) in [6.45, 7) is 3.44. The molecule has 0 aliphatic carbocycles. The van der Waals surface area contributed by atoms with Crippen LogP contribution in [0.1, 0.15) is 0 Å². The minimum atomic E-state index is -0.646. The van der Waals surface area contributed by atoms with E-state index < -0.39 is 12.1 Å². The van der Waals surface area contributed by atoms with E-state index in [1.54, 1.807) is 36.4 Å². The van der Waals surface area contributed by atoms with E-state index in [9.17, 15) is 14.7 Å². The zero-order valence-corrected chi connectivity index (χ0v) is 11.7. The molecule has 0 saturated heterocycles. The van der Waals surface area contributed by atoms with Gasteiger partial charge in [0.15, 0.2) is 0 Å². The van der Waals surface area contributed by atoms with Crippen molar-refractivity contribution >= 4 is 22.8 Å². The van der Waals surface area contributed by atoms with Crippen LogP contribution in [0, 0.1) is 0 Å². The number of nitrogens with one attached hydrogen (secondary N) is 1. The minimum absolute atomic E-state index is 0.0386. The lowest BCUT2D eigenvalue weighted by Crippen LogP contribution is -2.30. The van der Waals surface area contributed by atoms with Gasteiger partial charge in [0.25, 0.3) is 0 Å². The molecule has 0 spiro atoms. The fraction of sp³-hybridized carbons (Fsp3) is 0.125. The highest BCUT2D eigenvalue weighted by molar-refractivity contribution is 5.86. The molecule has 6 heteroatoms. The van der Waals surface area contributed by atoms with Gasteiger partial charge < -0.3 is 19.9 Å². The number of carbonyl (C=O) groups is 2. The molecule has 2 N–H and O–H groups in total. The van der Waals surface area contributed by atoms with Gasteiger partial charge in [-0.05, 0) is 35.0 Å². The van der Waals surface area contributed by atoms with Gasteiger partial charge >= 0.3 is 12.1 Å². The Kier molecular flexibility index (Phi) is 4.98. The number of ether oxygens (including phenoxy) is 2. The van der Waals surface area contributed by atoms with Crippen LogP contribution >= 0.6 is 0 Å². The summed E-state index contributed by atoms with van der Waals surface area (Å²) in [5.74, 6) is -0.000270. The molecule has 0 aliphatic rings. The second-order valence-electron chi connectivity index (χ2n) is 4.38. The summed E-state index contributed by atoms with van der Waals surface area (Å²) in [5.41, 5.74) is 0. The predicted octanol–water partition coefficient (Wildman–Crippen LogP) is 2.36. The maximum absolute atomic E-state index is 11.6. The SMILES string of the molecule is C=CC(=O)OCCNC(=O)Oc1ccc2cc(O)ccc2c1. The summed E-state index contributed by atoms with van der Waals surface area (Å²) in [4.78, 5) is 22.4. The van der Waals surface area contributed by atoms with Crippen molar-refractivity contribution in [2.24, 2.45) is 0 Å². The van der Waals surface area contributed by atoms with E-state index in [1.165, 1.54) is 0 Å². The zero-order valence-electron chi connectivity index (χ0n) is 11.7. The van der Waals surface area contributed by atoms with E-state index in [4.69, 9.17) is 9.47 Å². The molecule has 1 amide bonds. The monoisotopic (exact) mass is 301 g/mol. The van der Waals surface area contributed by atoms with Crippen LogP contribution in [0.25, 0.3) is 10.8 Å². The molecule has 2 rings (SSSR count). The van der Waals surface area contributed by atoms with Crippen LogP contribution in [0.2, 0.25) is 0 Å². The number of phenols is 1. The molecular weight excluding hydrogens is 286 g/mol. The van der Waals surface area contributed by atoms with Crippen molar-refractivity contribution in [3.8, 4) is 11.5 Å². The van der Waals surface area contributed by atoms with Crippen LogP contribution in [-0.4, -0.2) is 30.3 Å². The molecule has 0 radical (unpaired) electrons. The standard InChI is InChI=1S/C16H15NO5/c1-2-15(19)21-8-7-17-16(20)22-14-6-4-11-9-13(18)5-3-12(11)10-14/h2-6,9-10,18H,1,7-8H2,(H,17,20). The lowest BCUT2D eigenvalue weighted by atomic mass is 10.1. The van der Waals surface area contributed by atoms with Crippen LogP contribution in [0.5, 0.6) is 11.5 Å². The quantitative estimate of drug-likeness (QED) is 0.503. The van der Waals surface area contributed by atoms with Gasteiger partial charge in [0.2, 0.25) is 0 Å². The van der Waals surface area contributed by atoms with Gasteiger partial charge in [-0.25, -0.2) is 9.59 Å². The van der Waals surface area contributed by atoms with Gasteiger partial charge in [-0.1, -0.05) is 18.7 Å². The molecular formula is C16H15NO5. The van der Waals surface area contributed by atoms with Crippen LogP contribution in [0.15, 0.2) is 49.1 Å². The van der Waals surface area contributed by atoms with Crippen molar-refractivity contribution in [2.75, 3.05) is 13.2 Å². The summed E-state index contributed by atoms with van der Waals surface area (Å²) in [6.07, 6.45) is 0.401. The van der Waals surface area contributed by atoms with E-state index >= 15 is 0 Å². The summed E-state index contributed by atoms with van der Waals surface area (Å²) in [5, 5.41) is 13.5. The third-order valence-corrected chi connectivity index (χ3v) is 2.79. The highest BCUT2D eigenvalue weighted by Crippen LogP contribution is 2.24. The number of hydrogen-bond acceptors (Lipinski definition) is 5. The highest BCUT2D eigenvalue weighted by atomic mass is 16.6. The maximum atomic E-state index is 11.6. The van der Waals surface area contributed by atoms with Gasteiger partial charge in [-0.15, -0.1) is 0 Å². The fourth-order valence-corrected chi connectivity index (χ4v) is 1.78. The Morgan fingerprint density at radius 3 is 2.68 bits per heavy atom. The van der Waals surface area contributed by atoms with E-state index in [2.05, 4.69) is 11.9 Å². The Labute approximate surface area is 127 Å². The first kappa shape index (κ1) is 15.4. The molecule has 0 bridgehead atoms. The predicted molar refractivity (Wildman–Crippen MR) is 80.8 cm³/mol. The average molecular weight is 301 g/mol. The number of hydrogen-bond donors (Lipinski definition) is 2. The van der Waals surface area contributed by atoms with Gasteiger partial charge in [0.05, 0.1) is 6.54 Å². The molecule has 0 aliphatic heterocycles. The Morgan fingerprint density at radius 1 is 1.18 bits per heavy atom. The first-order valence-electron chi connectivity index (χ1n) is 6.56. The Bertz CT molecular complexity index is 711. The van der Waals surface area contributed by atoms with Gasteiger partial charge in [-0.3, -0.25) is 0 Å². The van der Waals surface area contributed by atoms with E-state index in [1.807, 2.05) is 0 Å². The highest BCUT2D eigenvalue weighted by Gasteiger charge is 2.05. The van der Waals surface area contributed by atoms with Crippen molar-refractivity contribution in [2.45, 2.75) is 0 Å². The van der Waals surface area contributed by atoms with Crippen LogP contribution in [0.3, 0.4) is 0 Å². The summed E-state index contributed by atoms with van der Waals surface area (Å²) in [7, 11) is 0. The van der Waals surface area contributed by atoms with Crippen molar-refractivity contribution in [1.82, 2.24) is 5.32 Å². The number of phenolic OH excluding ortho intramolecular Hbond substituents is 1. The number of esters is 1. The van der Waals surface area contributed by atoms with E-state index in [-0.39, 0.29) is 18.9 Å². The zero-order chi connectivity index (χ0) is 15.9. The second-order valence-corrected chi connectivity index (χ2v) is 4.38. The maximum Gasteiger partial charge on any atom is 0.412 e. The molecule has 22 heavy (non-hydrogen) atoms. The van der Waals surface area contributed by atoms with Crippen molar-refractivity contribution in [3.05, 3.63) is 49.1 Å². The smallest absolute Gasteiger partial charge is 0.412 e. The Hall–Kier alpha value is -3.02. The lowest BCUT2D eigenvalue weighted by molar-refractivity contribution is -0.137. The second kappa shape index (κ2) is 7.12. The molecule has 0 aromatic heterocycles. The van der Waals surface area contributed by atoms with Gasteiger partial charge in [-0.2, -0.15) is 0 Å². The molecule has 0 saturated carbocycles. The van der Waals surface area contributed by atoms with Crippen molar-refractivity contribution in [1.29, 1.82) is 0 Å².